The molecule has 59 heavy (non-hydrogen) atoms. The van der Waals surface area contributed by atoms with Crippen LogP contribution in [0.25, 0.3) is 10.9 Å². The van der Waals surface area contributed by atoms with Crippen molar-refractivity contribution < 1.29 is 48.0 Å². The molecule has 0 aliphatic carbocycles. The monoisotopic (exact) mass is 824 g/mol. The van der Waals surface area contributed by atoms with Crippen LogP contribution in [0, 0.1) is 23.7 Å². The van der Waals surface area contributed by atoms with Gasteiger partial charge in [0.05, 0.1) is 29.4 Å². The molecule has 1 aromatic carbocycles. The van der Waals surface area contributed by atoms with E-state index in [1.165, 1.54) is 14.0 Å². The molecule has 3 aliphatic rings. The van der Waals surface area contributed by atoms with Gasteiger partial charge >= 0.3 is 12.1 Å². The van der Waals surface area contributed by atoms with E-state index in [1.54, 1.807) is 18.7 Å². The zero-order valence-corrected chi connectivity index (χ0v) is 37.2. The lowest BCUT2D eigenvalue weighted by atomic mass is 9.72. The first-order valence-electron chi connectivity index (χ1n) is 21.3. The van der Waals surface area contributed by atoms with Gasteiger partial charge in [0.25, 0.3) is 0 Å². The molecular weight excluding hydrogens is 757 g/mol. The lowest BCUT2D eigenvalue weighted by molar-refractivity contribution is -0.295. The molecule has 7 unspecified atom stereocenters. The Labute approximate surface area is 350 Å². The zero-order chi connectivity index (χ0) is 43.6. The molecule has 0 saturated carbocycles. The number of benzene rings is 1. The molecule has 0 spiro atoms. The topological polar surface area (TPSA) is 157 Å². The predicted molar refractivity (Wildman–Crippen MR) is 222 cm³/mol. The first kappa shape index (κ1) is 46.5. The summed E-state index contributed by atoms with van der Waals surface area (Å²) in [6.45, 7) is 15.5. The van der Waals surface area contributed by atoms with Crippen LogP contribution < -0.4 is 0 Å². The summed E-state index contributed by atoms with van der Waals surface area (Å²) in [5.41, 5.74) is -0.718. The molecule has 328 valence electrons. The van der Waals surface area contributed by atoms with E-state index in [0.29, 0.717) is 19.5 Å². The molecule has 0 bridgehead atoms. The van der Waals surface area contributed by atoms with E-state index in [0.717, 1.165) is 16.5 Å². The number of pyridine rings is 1. The molecule has 3 saturated heterocycles. The van der Waals surface area contributed by atoms with Crippen LogP contribution in [0.2, 0.25) is 0 Å². The van der Waals surface area contributed by atoms with Crippen LogP contribution in [0.4, 0.5) is 4.79 Å². The van der Waals surface area contributed by atoms with Crippen molar-refractivity contribution in [3.63, 3.8) is 0 Å². The largest absolute Gasteiger partial charge is 0.457 e. The third-order valence-electron chi connectivity index (χ3n) is 13.3. The second-order valence-electron chi connectivity index (χ2n) is 17.8. The highest BCUT2D eigenvalue weighted by Gasteiger charge is 2.62. The molecule has 3 fully saturated rings. The summed E-state index contributed by atoms with van der Waals surface area (Å²) in [4.78, 5) is 67.7. The number of hydrogen-bond acceptors (Lipinski definition) is 13. The summed E-state index contributed by atoms with van der Waals surface area (Å²) in [6, 6.07) is 8.95. The van der Waals surface area contributed by atoms with Crippen molar-refractivity contribution in [2.45, 2.75) is 142 Å². The number of esters is 1. The fourth-order valence-corrected chi connectivity index (χ4v) is 9.87. The van der Waals surface area contributed by atoms with Gasteiger partial charge in [0.15, 0.2) is 17.7 Å². The van der Waals surface area contributed by atoms with E-state index >= 15 is 0 Å². The van der Waals surface area contributed by atoms with Crippen LogP contribution >= 0.6 is 0 Å². The number of carbonyl (C=O) groups excluding carboxylic acids is 4. The number of amides is 1. The van der Waals surface area contributed by atoms with Gasteiger partial charge < -0.3 is 38.6 Å². The van der Waals surface area contributed by atoms with E-state index < -0.39 is 83.4 Å². The highest BCUT2D eigenvalue weighted by atomic mass is 16.7. The highest BCUT2D eigenvalue weighted by molar-refractivity contribution is 6.00. The van der Waals surface area contributed by atoms with E-state index in [1.807, 2.05) is 91.1 Å². The predicted octanol–water partition coefficient (Wildman–Crippen LogP) is 5.26. The minimum absolute atomic E-state index is 0.129. The van der Waals surface area contributed by atoms with Crippen molar-refractivity contribution in [1.29, 1.82) is 0 Å². The number of rotatable bonds is 11. The van der Waals surface area contributed by atoms with Crippen molar-refractivity contribution in [3.05, 3.63) is 42.1 Å². The Morgan fingerprint density at radius 2 is 1.69 bits per heavy atom. The first-order valence-corrected chi connectivity index (χ1v) is 21.3. The average Bonchev–Trinajstić information content (AvgIpc) is 3.51. The van der Waals surface area contributed by atoms with Gasteiger partial charge in [-0.25, -0.2) is 4.79 Å². The summed E-state index contributed by atoms with van der Waals surface area (Å²) in [5, 5.41) is 12.5. The number of methoxy groups -OCH3 is 1. The summed E-state index contributed by atoms with van der Waals surface area (Å²) < 4.78 is 31.6. The lowest BCUT2D eigenvalue weighted by Crippen LogP contribution is -2.61. The Kier molecular flexibility index (Phi) is 15.0. The van der Waals surface area contributed by atoms with Crippen LogP contribution in [-0.2, 0) is 44.6 Å². The van der Waals surface area contributed by atoms with Crippen LogP contribution in [0.1, 0.15) is 86.6 Å². The van der Waals surface area contributed by atoms with E-state index in [9.17, 15) is 24.3 Å². The molecule has 1 amide bonds. The van der Waals surface area contributed by atoms with E-state index in [2.05, 4.69) is 16.0 Å². The number of para-hydroxylation sites is 1. The number of cyclic esters (lactones) is 1. The maximum atomic E-state index is 14.9. The number of likely N-dealkylation sites (N-methyl/N-ethyl adjacent to an activating group) is 2. The van der Waals surface area contributed by atoms with Gasteiger partial charge in [-0.15, -0.1) is 0 Å². The maximum Gasteiger partial charge on any atom is 0.410 e. The summed E-state index contributed by atoms with van der Waals surface area (Å²) in [6.07, 6.45) is -1.94. The third-order valence-corrected chi connectivity index (χ3v) is 13.3. The van der Waals surface area contributed by atoms with E-state index in [4.69, 9.17) is 23.7 Å². The van der Waals surface area contributed by atoms with Crippen molar-refractivity contribution in [1.82, 2.24) is 19.7 Å². The van der Waals surface area contributed by atoms with Crippen LogP contribution in [-0.4, -0.2) is 144 Å². The van der Waals surface area contributed by atoms with Crippen molar-refractivity contribution in [2.75, 3.05) is 41.3 Å². The number of aliphatic hydroxyl groups excluding tert-OH is 1. The zero-order valence-electron chi connectivity index (χ0n) is 37.2. The van der Waals surface area contributed by atoms with Crippen molar-refractivity contribution in [3.8, 4) is 0 Å². The Hall–Kier alpha value is -3.53. The molecule has 0 radical (unpaired) electrons. The van der Waals surface area contributed by atoms with E-state index in [-0.39, 0.29) is 43.7 Å². The molecule has 1 aromatic heterocycles. The fraction of sp³-hybridized carbons (Fsp3) is 0.711. The van der Waals surface area contributed by atoms with Gasteiger partial charge in [-0.2, -0.15) is 0 Å². The minimum atomic E-state index is -1.38. The number of ketones is 2. The number of hydrogen-bond donors (Lipinski definition) is 1. The second kappa shape index (κ2) is 19.0. The van der Waals surface area contributed by atoms with Gasteiger partial charge in [0, 0.05) is 62.1 Å². The molecule has 14 nitrogen and oxygen atoms in total. The molecule has 14 heteroatoms. The SMILES string of the molecule is CCC1OC(=O)C(C)C(=O)C(C)[C@@H](OC2OC(C)CC(N(C)C)[C@H]2O)[C@@](C)(OC)CC(C)C(=O)[C@H](C)[C@H]2N(CCN(C)Cc3cnc4ccccc4c3)C(=O)O[C@]12CC. The lowest BCUT2D eigenvalue weighted by Gasteiger charge is -2.47. The summed E-state index contributed by atoms with van der Waals surface area (Å²) >= 11 is 0. The van der Waals surface area contributed by atoms with Crippen molar-refractivity contribution in [2.24, 2.45) is 23.7 Å². The Morgan fingerprint density at radius 1 is 1.00 bits per heavy atom. The smallest absolute Gasteiger partial charge is 0.410 e. The number of nitrogens with zero attached hydrogens (tertiary/aromatic N) is 4. The average molecular weight is 825 g/mol. The minimum Gasteiger partial charge on any atom is -0.457 e. The molecule has 1 N–H and O–H groups in total. The Balaban J connectivity index is 1.49. The molecule has 3 aliphatic heterocycles. The van der Waals surface area contributed by atoms with Crippen molar-refractivity contribution >= 4 is 34.5 Å². The number of carbonyl (C=O) groups is 4. The standard InChI is InChI=1S/C45H68N4O10/c1-13-35-45(14-2)39(49(43(54)59-45)20-19-48(11)25-31-22-32-17-15-16-18-33(32)46-24-31)28(5)36(50)26(3)23-44(8,55-12)40(29(6)37(51)30(7)41(53)57-35)58-42-38(52)34(47(9)10)21-27(4)56-42/h15-18,22,24,26-30,34-35,38-40,42,52H,13-14,19-21,23,25H2,1-12H3/t26?,27?,28-,29?,30?,34?,35?,38+,39+,40+,42?,44-,45+/m0/s1. The first-order chi connectivity index (χ1) is 27.8. The van der Waals surface area contributed by atoms with Gasteiger partial charge in [-0.05, 0) is 85.3 Å². The summed E-state index contributed by atoms with van der Waals surface area (Å²) in [7, 11) is 7.22. The molecule has 5 rings (SSSR count). The van der Waals surface area contributed by atoms with Crippen LogP contribution in [0.15, 0.2) is 36.5 Å². The number of fused-ring (bicyclic) bond motifs is 2. The normalized spacial score (nSPS) is 36.5. The number of Topliss-reactive ketones (excluding diaryl/α,β-unsaturated/α-hetero) is 2. The Morgan fingerprint density at radius 3 is 2.34 bits per heavy atom. The molecule has 13 atom stereocenters. The quantitative estimate of drug-likeness (QED) is 0.232. The number of aliphatic hydroxyl groups is 1. The Bertz CT molecular complexity index is 1810. The molecule has 2 aromatic rings. The molecular formula is C45H68N4O10. The third kappa shape index (κ3) is 9.53. The number of ether oxygens (including phenoxy) is 5. The maximum absolute atomic E-state index is 14.9. The number of aromatic nitrogens is 1. The van der Waals surface area contributed by atoms with Gasteiger partial charge in [-0.3, -0.25) is 24.3 Å². The van der Waals surface area contributed by atoms with Gasteiger partial charge in [-0.1, -0.05) is 52.8 Å². The van der Waals surface area contributed by atoms with Crippen LogP contribution in [0.3, 0.4) is 0 Å². The fourth-order valence-electron chi connectivity index (χ4n) is 9.87. The van der Waals surface area contributed by atoms with Gasteiger partial charge in [0.1, 0.15) is 23.9 Å². The highest BCUT2D eigenvalue weighted by Crippen LogP contribution is 2.44. The molecule has 4 heterocycles. The second-order valence-corrected chi connectivity index (χ2v) is 17.8. The summed E-state index contributed by atoms with van der Waals surface area (Å²) in [5.74, 6) is -4.95. The van der Waals surface area contributed by atoms with Gasteiger partial charge in [0.2, 0.25) is 0 Å². The van der Waals surface area contributed by atoms with Crippen LogP contribution in [0.5, 0.6) is 0 Å².